The van der Waals surface area contributed by atoms with Crippen LogP contribution in [0.4, 0.5) is 0 Å². The summed E-state index contributed by atoms with van der Waals surface area (Å²) < 4.78 is 32.6. The van der Waals surface area contributed by atoms with E-state index in [0.29, 0.717) is 24.0 Å². The van der Waals surface area contributed by atoms with E-state index in [0.717, 1.165) is 5.39 Å². The van der Waals surface area contributed by atoms with Crippen LogP contribution in [0, 0.1) is 6.92 Å². The SMILES string of the molecule is Cc1c(C(=O)NNC(=O)[C@@H]2CCCN2S(=O)(=O)c2ccccc2)oc2ccccc12. The Labute approximate surface area is 173 Å². The Kier molecular flexibility index (Phi) is 5.31. The lowest BCUT2D eigenvalue weighted by Crippen LogP contribution is -2.51. The molecule has 2 amide bonds. The maximum Gasteiger partial charge on any atom is 0.305 e. The van der Waals surface area contributed by atoms with Gasteiger partial charge in [-0.15, -0.1) is 0 Å². The first-order valence-corrected chi connectivity index (χ1v) is 11.0. The molecular formula is C21H21N3O5S. The second-order valence-corrected chi connectivity index (χ2v) is 8.97. The minimum Gasteiger partial charge on any atom is -0.451 e. The molecule has 2 heterocycles. The molecule has 156 valence electrons. The van der Waals surface area contributed by atoms with Gasteiger partial charge in [0.25, 0.3) is 5.91 Å². The average molecular weight is 427 g/mol. The van der Waals surface area contributed by atoms with Crippen LogP contribution in [0.2, 0.25) is 0 Å². The van der Waals surface area contributed by atoms with Crippen LogP contribution < -0.4 is 10.9 Å². The molecule has 9 heteroatoms. The third-order valence-electron chi connectivity index (χ3n) is 5.21. The highest BCUT2D eigenvalue weighted by Crippen LogP contribution is 2.26. The number of aryl methyl sites for hydroxylation is 1. The second-order valence-electron chi connectivity index (χ2n) is 7.08. The molecule has 0 bridgehead atoms. The number of amides is 2. The zero-order chi connectivity index (χ0) is 21.3. The number of nitrogens with zero attached hydrogens (tertiary/aromatic N) is 1. The lowest BCUT2D eigenvalue weighted by Gasteiger charge is -2.23. The van der Waals surface area contributed by atoms with Crippen LogP contribution in [0.1, 0.15) is 29.0 Å². The lowest BCUT2D eigenvalue weighted by atomic mass is 10.1. The zero-order valence-electron chi connectivity index (χ0n) is 16.3. The Morgan fingerprint density at radius 1 is 1.03 bits per heavy atom. The van der Waals surface area contributed by atoms with Crippen molar-refractivity contribution < 1.29 is 22.4 Å². The van der Waals surface area contributed by atoms with Gasteiger partial charge in [0.1, 0.15) is 11.6 Å². The predicted molar refractivity (Wildman–Crippen MR) is 110 cm³/mol. The number of nitrogens with one attached hydrogen (secondary N) is 2. The Morgan fingerprint density at radius 2 is 1.73 bits per heavy atom. The van der Waals surface area contributed by atoms with Crippen LogP contribution in [0.3, 0.4) is 0 Å². The largest absolute Gasteiger partial charge is 0.451 e. The summed E-state index contributed by atoms with van der Waals surface area (Å²) in [5, 5.41) is 0.810. The van der Waals surface area contributed by atoms with E-state index in [4.69, 9.17) is 4.42 Å². The second kappa shape index (κ2) is 7.92. The van der Waals surface area contributed by atoms with E-state index in [1.807, 2.05) is 12.1 Å². The maximum atomic E-state index is 12.9. The van der Waals surface area contributed by atoms with Crippen molar-refractivity contribution in [3.05, 3.63) is 65.9 Å². The van der Waals surface area contributed by atoms with Crippen molar-refractivity contribution in [3.8, 4) is 0 Å². The van der Waals surface area contributed by atoms with Gasteiger partial charge in [0.2, 0.25) is 10.0 Å². The standard InChI is InChI=1S/C21H21N3O5S/c1-14-16-10-5-6-12-18(16)29-19(14)21(26)23-22-20(25)17-11-7-13-24(17)30(27,28)15-8-3-2-4-9-15/h2-6,8-10,12,17H,7,11,13H2,1H3,(H,22,25)(H,23,26)/t17-/m0/s1. The smallest absolute Gasteiger partial charge is 0.305 e. The van der Waals surface area contributed by atoms with E-state index >= 15 is 0 Å². The van der Waals surface area contributed by atoms with E-state index in [-0.39, 0.29) is 17.2 Å². The molecule has 1 saturated heterocycles. The molecule has 0 saturated carbocycles. The number of para-hydroxylation sites is 1. The molecule has 8 nitrogen and oxygen atoms in total. The van der Waals surface area contributed by atoms with Crippen molar-refractivity contribution in [2.24, 2.45) is 0 Å². The Bertz CT molecular complexity index is 1200. The summed E-state index contributed by atoms with van der Waals surface area (Å²) >= 11 is 0. The van der Waals surface area contributed by atoms with E-state index < -0.39 is 27.9 Å². The van der Waals surface area contributed by atoms with Crippen molar-refractivity contribution in [1.82, 2.24) is 15.2 Å². The molecule has 2 N–H and O–H groups in total. The normalized spacial score (nSPS) is 17.2. The molecule has 0 radical (unpaired) electrons. The third-order valence-corrected chi connectivity index (χ3v) is 7.13. The maximum absolute atomic E-state index is 12.9. The Balaban J connectivity index is 1.47. The molecular weight excluding hydrogens is 406 g/mol. The third kappa shape index (κ3) is 3.57. The van der Waals surface area contributed by atoms with Crippen molar-refractivity contribution in [3.63, 3.8) is 0 Å². The van der Waals surface area contributed by atoms with Gasteiger partial charge < -0.3 is 4.42 Å². The summed E-state index contributed by atoms with van der Waals surface area (Å²) in [7, 11) is -3.81. The number of carbonyl (C=O) groups is 2. The van der Waals surface area contributed by atoms with Gasteiger partial charge in [-0.05, 0) is 38.0 Å². The molecule has 1 aliphatic rings. The summed E-state index contributed by atoms with van der Waals surface area (Å²) in [6.45, 7) is 2.00. The van der Waals surface area contributed by atoms with Crippen LogP contribution in [-0.2, 0) is 14.8 Å². The highest BCUT2D eigenvalue weighted by atomic mass is 32.2. The molecule has 1 atom stereocenters. The molecule has 1 fully saturated rings. The summed E-state index contributed by atoms with van der Waals surface area (Å²) in [6.07, 6.45) is 0.929. The quantitative estimate of drug-likeness (QED) is 0.622. The van der Waals surface area contributed by atoms with Crippen LogP contribution in [0.5, 0.6) is 0 Å². The van der Waals surface area contributed by atoms with E-state index in [1.165, 1.54) is 16.4 Å². The monoisotopic (exact) mass is 427 g/mol. The fourth-order valence-corrected chi connectivity index (χ4v) is 5.34. The number of furan rings is 1. The first-order chi connectivity index (χ1) is 14.4. The number of fused-ring (bicyclic) bond motifs is 1. The summed E-state index contributed by atoms with van der Waals surface area (Å²) in [4.78, 5) is 25.3. The van der Waals surface area contributed by atoms with Crippen LogP contribution in [0.15, 0.2) is 63.9 Å². The Hall–Kier alpha value is -3.17. The number of rotatable bonds is 4. The molecule has 30 heavy (non-hydrogen) atoms. The van der Waals surface area contributed by atoms with Crippen molar-refractivity contribution >= 4 is 32.8 Å². The van der Waals surface area contributed by atoms with E-state index in [2.05, 4.69) is 10.9 Å². The number of hydrogen-bond donors (Lipinski definition) is 2. The van der Waals surface area contributed by atoms with Gasteiger partial charge in [-0.1, -0.05) is 36.4 Å². The van der Waals surface area contributed by atoms with Crippen molar-refractivity contribution in [1.29, 1.82) is 0 Å². The lowest BCUT2D eigenvalue weighted by molar-refractivity contribution is -0.125. The number of hydrazine groups is 1. The van der Waals surface area contributed by atoms with Gasteiger partial charge in [-0.2, -0.15) is 4.31 Å². The first kappa shape index (κ1) is 20.1. The van der Waals surface area contributed by atoms with Gasteiger partial charge in [-0.3, -0.25) is 20.4 Å². The number of benzene rings is 2. The van der Waals surface area contributed by atoms with Gasteiger partial charge in [-0.25, -0.2) is 8.42 Å². The van der Waals surface area contributed by atoms with Gasteiger partial charge in [0, 0.05) is 17.5 Å². The minimum absolute atomic E-state index is 0.0942. The number of hydrogen-bond acceptors (Lipinski definition) is 5. The van der Waals surface area contributed by atoms with Gasteiger partial charge >= 0.3 is 5.91 Å². The van der Waals surface area contributed by atoms with Crippen molar-refractivity contribution in [2.75, 3.05) is 6.54 Å². The van der Waals surface area contributed by atoms with Crippen LogP contribution in [0.25, 0.3) is 11.0 Å². The number of sulfonamides is 1. The van der Waals surface area contributed by atoms with E-state index in [9.17, 15) is 18.0 Å². The molecule has 0 unspecified atom stereocenters. The highest BCUT2D eigenvalue weighted by Gasteiger charge is 2.39. The molecule has 1 aliphatic heterocycles. The van der Waals surface area contributed by atoms with Crippen molar-refractivity contribution in [2.45, 2.75) is 30.7 Å². The van der Waals surface area contributed by atoms with Gasteiger partial charge in [0.05, 0.1) is 4.90 Å². The molecule has 2 aromatic carbocycles. The molecule has 0 spiro atoms. The summed E-state index contributed by atoms with van der Waals surface area (Å²) in [5.41, 5.74) is 5.91. The Morgan fingerprint density at radius 3 is 2.47 bits per heavy atom. The summed E-state index contributed by atoms with van der Waals surface area (Å²) in [5.74, 6) is -1.10. The molecule has 1 aromatic heterocycles. The first-order valence-electron chi connectivity index (χ1n) is 9.55. The average Bonchev–Trinajstić information content (AvgIpc) is 3.38. The molecule has 4 rings (SSSR count). The minimum atomic E-state index is -3.81. The topological polar surface area (TPSA) is 109 Å². The number of carbonyl (C=O) groups excluding carboxylic acids is 2. The predicted octanol–water partition coefficient (Wildman–Crippen LogP) is 2.36. The van der Waals surface area contributed by atoms with Gasteiger partial charge in [0.15, 0.2) is 5.76 Å². The fraction of sp³-hybridized carbons (Fsp3) is 0.238. The van der Waals surface area contributed by atoms with E-state index in [1.54, 1.807) is 37.3 Å². The highest BCUT2D eigenvalue weighted by molar-refractivity contribution is 7.89. The molecule has 3 aromatic rings. The zero-order valence-corrected chi connectivity index (χ0v) is 17.1. The van der Waals surface area contributed by atoms with Crippen LogP contribution in [-0.4, -0.2) is 37.1 Å². The molecule has 0 aliphatic carbocycles. The van der Waals surface area contributed by atoms with Crippen LogP contribution >= 0.6 is 0 Å². The fourth-order valence-electron chi connectivity index (χ4n) is 3.67. The summed E-state index contributed by atoms with van der Waals surface area (Å²) in [6, 6.07) is 14.3.